The van der Waals surface area contributed by atoms with Crippen molar-refractivity contribution in [3.05, 3.63) is 29.6 Å². The maximum absolute atomic E-state index is 10.6. The number of rotatable bonds is 5. The number of hydrogen-bond acceptors (Lipinski definition) is 3. The van der Waals surface area contributed by atoms with Crippen molar-refractivity contribution in [3.63, 3.8) is 0 Å². The van der Waals surface area contributed by atoms with Crippen LogP contribution in [0.5, 0.6) is 0 Å². The van der Waals surface area contributed by atoms with Gasteiger partial charge in [-0.15, -0.1) is 0 Å². The van der Waals surface area contributed by atoms with Crippen LogP contribution in [-0.4, -0.2) is 34.0 Å². The second kappa shape index (κ2) is 5.46. The van der Waals surface area contributed by atoms with E-state index in [1.807, 2.05) is 30.9 Å². The van der Waals surface area contributed by atoms with Gasteiger partial charge in [-0.2, -0.15) is 0 Å². The Morgan fingerprint density at radius 1 is 1.53 bits per heavy atom. The van der Waals surface area contributed by atoms with E-state index in [0.717, 1.165) is 17.8 Å². The van der Waals surface area contributed by atoms with Gasteiger partial charge in [0.1, 0.15) is 0 Å². The fraction of sp³-hybridized carbons (Fsp3) is 0.455. The molecule has 4 heteroatoms. The van der Waals surface area contributed by atoms with Crippen LogP contribution in [0.4, 0.5) is 0 Å². The van der Waals surface area contributed by atoms with E-state index in [0.29, 0.717) is 6.54 Å². The first-order chi connectivity index (χ1) is 7.11. The van der Waals surface area contributed by atoms with Gasteiger partial charge in [-0.3, -0.25) is 14.7 Å². The minimum atomic E-state index is -0.795. The average molecular weight is 208 g/mol. The van der Waals surface area contributed by atoms with Gasteiger partial charge in [0, 0.05) is 18.4 Å². The van der Waals surface area contributed by atoms with Crippen LogP contribution in [0.3, 0.4) is 0 Å². The third-order valence-electron chi connectivity index (χ3n) is 2.18. The van der Waals surface area contributed by atoms with Crippen LogP contribution in [-0.2, 0) is 11.3 Å². The molecule has 0 unspecified atom stereocenters. The molecule has 4 nitrogen and oxygen atoms in total. The topological polar surface area (TPSA) is 53.4 Å². The Bertz CT molecular complexity index is 322. The molecule has 0 amide bonds. The van der Waals surface area contributed by atoms with E-state index >= 15 is 0 Å². The predicted octanol–water partition coefficient (Wildman–Crippen LogP) is 1.30. The zero-order chi connectivity index (χ0) is 11.3. The van der Waals surface area contributed by atoms with E-state index in [2.05, 4.69) is 4.98 Å². The number of aromatic nitrogens is 1. The van der Waals surface area contributed by atoms with Crippen molar-refractivity contribution in [2.45, 2.75) is 20.4 Å². The summed E-state index contributed by atoms with van der Waals surface area (Å²) in [5, 5.41) is 8.68. The largest absolute Gasteiger partial charge is 0.480 e. The second-order valence-corrected chi connectivity index (χ2v) is 3.50. The fourth-order valence-corrected chi connectivity index (χ4v) is 1.32. The molecule has 0 aliphatic heterocycles. The van der Waals surface area contributed by atoms with E-state index in [4.69, 9.17) is 5.11 Å². The van der Waals surface area contributed by atoms with Crippen LogP contribution in [0.1, 0.15) is 18.2 Å². The van der Waals surface area contributed by atoms with Gasteiger partial charge in [-0.25, -0.2) is 0 Å². The number of carbonyl (C=O) groups is 1. The number of likely N-dealkylation sites (N-methyl/N-ethyl adjacent to an activating group) is 1. The van der Waals surface area contributed by atoms with Crippen molar-refractivity contribution < 1.29 is 9.90 Å². The van der Waals surface area contributed by atoms with Crippen molar-refractivity contribution >= 4 is 5.97 Å². The molecule has 0 saturated heterocycles. The minimum absolute atomic E-state index is 0.0738. The highest BCUT2D eigenvalue weighted by atomic mass is 16.4. The number of pyridine rings is 1. The SMILES string of the molecule is CCN(CC(=O)O)Cc1ccc(C)nc1. The molecule has 0 atom stereocenters. The first-order valence-corrected chi connectivity index (χ1v) is 4.97. The highest BCUT2D eigenvalue weighted by Crippen LogP contribution is 2.03. The molecule has 15 heavy (non-hydrogen) atoms. The number of aryl methyl sites for hydroxylation is 1. The summed E-state index contributed by atoms with van der Waals surface area (Å²) in [4.78, 5) is 16.6. The van der Waals surface area contributed by atoms with E-state index in [1.54, 1.807) is 6.20 Å². The Hall–Kier alpha value is -1.42. The lowest BCUT2D eigenvalue weighted by Gasteiger charge is -2.17. The lowest BCUT2D eigenvalue weighted by Crippen LogP contribution is -2.29. The third kappa shape index (κ3) is 4.08. The molecule has 1 aromatic heterocycles. The van der Waals surface area contributed by atoms with Crippen molar-refractivity contribution in [1.29, 1.82) is 0 Å². The van der Waals surface area contributed by atoms with Crippen LogP contribution in [0.2, 0.25) is 0 Å². The molecule has 1 rings (SSSR count). The molecule has 0 aromatic carbocycles. The van der Waals surface area contributed by atoms with Gasteiger partial charge in [0.05, 0.1) is 6.54 Å². The Labute approximate surface area is 89.6 Å². The summed E-state index contributed by atoms with van der Waals surface area (Å²) in [5.74, 6) is -0.795. The predicted molar refractivity (Wildman–Crippen MR) is 57.6 cm³/mol. The van der Waals surface area contributed by atoms with Crippen LogP contribution >= 0.6 is 0 Å². The van der Waals surface area contributed by atoms with Gasteiger partial charge in [0.25, 0.3) is 0 Å². The highest BCUT2D eigenvalue weighted by Gasteiger charge is 2.07. The van der Waals surface area contributed by atoms with Gasteiger partial charge in [-0.05, 0) is 25.1 Å². The van der Waals surface area contributed by atoms with Crippen LogP contribution < -0.4 is 0 Å². The summed E-state index contributed by atoms with van der Waals surface area (Å²) >= 11 is 0. The molecule has 1 heterocycles. The zero-order valence-corrected chi connectivity index (χ0v) is 9.10. The zero-order valence-electron chi connectivity index (χ0n) is 9.10. The van der Waals surface area contributed by atoms with Crippen LogP contribution in [0, 0.1) is 6.92 Å². The first-order valence-electron chi connectivity index (χ1n) is 4.97. The molecule has 0 fully saturated rings. The summed E-state index contributed by atoms with van der Waals surface area (Å²) in [6.45, 7) is 5.31. The van der Waals surface area contributed by atoms with Gasteiger partial charge in [-0.1, -0.05) is 13.0 Å². The number of carboxylic acid groups (broad SMARTS) is 1. The summed E-state index contributed by atoms with van der Waals surface area (Å²) in [5.41, 5.74) is 2.02. The number of hydrogen-bond donors (Lipinski definition) is 1. The van der Waals surface area contributed by atoms with E-state index in [1.165, 1.54) is 0 Å². The van der Waals surface area contributed by atoms with Crippen molar-refractivity contribution in [1.82, 2.24) is 9.88 Å². The third-order valence-corrected chi connectivity index (χ3v) is 2.18. The molecule has 82 valence electrons. The first kappa shape index (κ1) is 11.7. The van der Waals surface area contributed by atoms with E-state index < -0.39 is 5.97 Å². The Kier molecular flexibility index (Phi) is 4.24. The highest BCUT2D eigenvalue weighted by molar-refractivity contribution is 5.69. The van der Waals surface area contributed by atoms with Crippen molar-refractivity contribution in [2.24, 2.45) is 0 Å². The fourth-order valence-electron chi connectivity index (χ4n) is 1.32. The maximum atomic E-state index is 10.6. The number of aliphatic carboxylic acids is 1. The van der Waals surface area contributed by atoms with Gasteiger partial charge in [0.15, 0.2) is 0 Å². The summed E-state index contributed by atoms with van der Waals surface area (Å²) in [6.07, 6.45) is 1.79. The Morgan fingerprint density at radius 3 is 2.73 bits per heavy atom. The number of nitrogens with zero attached hydrogens (tertiary/aromatic N) is 2. The summed E-state index contributed by atoms with van der Waals surface area (Å²) in [6, 6.07) is 3.91. The molecule has 0 saturated carbocycles. The normalized spacial score (nSPS) is 10.6. The molecular weight excluding hydrogens is 192 g/mol. The molecular formula is C11H16N2O2. The van der Waals surface area contributed by atoms with Crippen LogP contribution in [0.25, 0.3) is 0 Å². The quantitative estimate of drug-likeness (QED) is 0.792. The minimum Gasteiger partial charge on any atom is -0.480 e. The van der Waals surface area contributed by atoms with Crippen LogP contribution in [0.15, 0.2) is 18.3 Å². The molecule has 0 radical (unpaired) electrons. The monoisotopic (exact) mass is 208 g/mol. The standard InChI is InChI=1S/C11H16N2O2/c1-3-13(8-11(14)15)7-10-5-4-9(2)12-6-10/h4-6H,3,7-8H2,1-2H3,(H,14,15). The lowest BCUT2D eigenvalue weighted by molar-refractivity contribution is -0.138. The molecule has 0 aliphatic carbocycles. The summed E-state index contributed by atoms with van der Waals surface area (Å²) < 4.78 is 0. The van der Waals surface area contributed by atoms with E-state index in [-0.39, 0.29) is 6.54 Å². The Balaban J connectivity index is 2.58. The lowest BCUT2D eigenvalue weighted by atomic mass is 10.2. The van der Waals surface area contributed by atoms with Crippen molar-refractivity contribution in [2.75, 3.05) is 13.1 Å². The molecule has 0 bridgehead atoms. The molecule has 0 spiro atoms. The Morgan fingerprint density at radius 2 is 2.27 bits per heavy atom. The number of carboxylic acids is 1. The maximum Gasteiger partial charge on any atom is 0.317 e. The molecule has 0 aliphatic rings. The average Bonchev–Trinajstić information content (AvgIpc) is 2.19. The van der Waals surface area contributed by atoms with E-state index in [9.17, 15) is 4.79 Å². The van der Waals surface area contributed by atoms with Crippen molar-refractivity contribution in [3.8, 4) is 0 Å². The van der Waals surface area contributed by atoms with Gasteiger partial charge in [0.2, 0.25) is 0 Å². The molecule has 1 N–H and O–H groups in total. The summed E-state index contributed by atoms with van der Waals surface area (Å²) in [7, 11) is 0. The molecule has 1 aromatic rings. The van der Waals surface area contributed by atoms with Gasteiger partial charge < -0.3 is 5.11 Å². The smallest absolute Gasteiger partial charge is 0.317 e. The second-order valence-electron chi connectivity index (χ2n) is 3.50. The van der Waals surface area contributed by atoms with Gasteiger partial charge >= 0.3 is 5.97 Å².